The third-order valence-corrected chi connectivity index (χ3v) is 4.20. The molecule has 1 saturated heterocycles. The fourth-order valence-electron chi connectivity index (χ4n) is 2.06. The Morgan fingerprint density at radius 1 is 1.38 bits per heavy atom. The molecule has 1 aromatic rings. The molecule has 0 unspecified atom stereocenters. The molecule has 1 aliphatic heterocycles. The highest BCUT2D eigenvalue weighted by Gasteiger charge is 2.23. The SMILES string of the molecule is CC(=O)N[C@@H](Cc1ccccc1)C(=O)N=C1SCCN1C. The number of benzene rings is 1. The van der Waals surface area contributed by atoms with Crippen LogP contribution in [0.1, 0.15) is 12.5 Å². The summed E-state index contributed by atoms with van der Waals surface area (Å²) in [7, 11) is 1.91. The van der Waals surface area contributed by atoms with Crippen LogP contribution in [0.25, 0.3) is 0 Å². The van der Waals surface area contributed by atoms with Gasteiger partial charge in [-0.15, -0.1) is 0 Å². The minimum atomic E-state index is -0.619. The van der Waals surface area contributed by atoms with E-state index in [-0.39, 0.29) is 11.8 Å². The van der Waals surface area contributed by atoms with Crippen LogP contribution in [0.5, 0.6) is 0 Å². The van der Waals surface area contributed by atoms with Crippen molar-refractivity contribution in [1.82, 2.24) is 10.2 Å². The second-order valence-corrected chi connectivity index (χ2v) is 6.01. The van der Waals surface area contributed by atoms with Gasteiger partial charge in [-0.3, -0.25) is 9.59 Å². The maximum atomic E-state index is 12.3. The molecule has 1 aromatic carbocycles. The van der Waals surface area contributed by atoms with E-state index in [0.717, 1.165) is 23.0 Å². The standard InChI is InChI=1S/C15H19N3O2S/c1-11(19)16-13(10-12-6-4-3-5-7-12)14(20)17-15-18(2)8-9-21-15/h3-7,13H,8-10H2,1-2H3,(H,16,19)/t13-/m0/s1. The van der Waals surface area contributed by atoms with E-state index in [2.05, 4.69) is 10.3 Å². The van der Waals surface area contributed by atoms with Crippen LogP contribution in [0, 0.1) is 0 Å². The van der Waals surface area contributed by atoms with E-state index in [9.17, 15) is 9.59 Å². The molecule has 112 valence electrons. The number of thioether (sulfide) groups is 1. The molecule has 1 fully saturated rings. The average molecular weight is 305 g/mol. The summed E-state index contributed by atoms with van der Waals surface area (Å²) < 4.78 is 0. The second-order valence-electron chi connectivity index (χ2n) is 4.95. The summed E-state index contributed by atoms with van der Waals surface area (Å²) in [5, 5.41) is 3.42. The molecule has 1 aliphatic rings. The minimum absolute atomic E-state index is 0.225. The van der Waals surface area contributed by atoms with Crippen LogP contribution in [0.4, 0.5) is 0 Å². The normalized spacial score (nSPS) is 17.8. The zero-order valence-corrected chi connectivity index (χ0v) is 13.0. The molecule has 2 rings (SSSR count). The summed E-state index contributed by atoms with van der Waals surface area (Å²) in [5.41, 5.74) is 0.997. The summed E-state index contributed by atoms with van der Waals surface area (Å²) in [6.45, 7) is 2.30. The molecule has 0 bridgehead atoms. The highest BCUT2D eigenvalue weighted by Crippen LogP contribution is 2.16. The largest absolute Gasteiger partial charge is 0.353 e. The molecule has 6 heteroatoms. The number of rotatable bonds is 4. The van der Waals surface area contributed by atoms with E-state index in [0.29, 0.717) is 6.42 Å². The lowest BCUT2D eigenvalue weighted by Crippen LogP contribution is -2.41. The predicted octanol–water partition coefficient (Wildman–Crippen LogP) is 1.29. The lowest BCUT2D eigenvalue weighted by atomic mass is 10.1. The number of hydrogen-bond acceptors (Lipinski definition) is 3. The molecule has 1 N–H and O–H groups in total. The number of hydrogen-bond donors (Lipinski definition) is 1. The Kier molecular flexibility index (Phi) is 5.38. The van der Waals surface area contributed by atoms with Crippen LogP contribution in [0.15, 0.2) is 35.3 Å². The number of amidine groups is 1. The number of carbonyl (C=O) groups is 2. The third-order valence-electron chi connectivity index (χ3n) is 3.15. The molecule has 0 radical (unpaired) electrons. The fraction of sp³-hybridized carbons (Fsp3) is 0.400. The molecular weight excluding hydrogens is 286 g/mol. The van der Waals surface area contributed by atoms with E-state index in [1.54, 1.807) is 11.8 Å². The Labute approximate surface area is 128 Å². The van der Waals surface area contributed by atoms with Gasteiger partial charge in [-0.1, -0.05) is 42.1 Å². The fourth-order valence-corrected chi connectivity index (χ4v) is 3.08. The number of nitrogens with one attached hydrogen (secondary N) is 1. The second kappa shape index (κ2) is 7.26. The third kappa shape index (κ3) is 4.60. The van der Waals surface area contributed by atoms with Crippen LogP contribution >= 0.6 is 11.8 Å². The van der Waals surface area contributed by atoms with E-state index >= 15 is 0 Å². The van der Waals surface area contributed by atoms with Crippen LogP contribution in [0.3, 0.4) is 0 Å². The van der Waals surface area contributed by atoms with Gasteiger partial charge in [0, 0.05) is 32.7 Å². The van der Waals surface area contributed by atoms with Gasteiger partial charge < -0.3 is 10.2 Å². The van der Waals surface area contributed by atoms with E-state index in [1.807, 2.05) is 42.3 Å². The first-order valence-corrected chi connectivity index (χ1v) is 7.82. The molecule has 1 heterocycles. The number of amides is 2. The first kappa shape index (κ1) is 15.6. The lowest BCUT2D eigenvalue weighted by Gasteiger charge is -2.16. The first-order chi connectivity index (χ1) is 10.1. The molecular formula is C15H19N3O2S. The Bertz CT molecular complexity index is 545. The highest BCUT2D eigenvalue weighted by atomic mass is 32.2. The summed E-state index contributed by atoms with van der Waals surface area (Å²) >= 11 is 1.56. The van der Waals surface area contributed by atoms with Crippen molar-refractivity contribution in [2.75, 3.05) is 19.3 Å². The first-order valence-electron chi connectivity index (χ1n) is 6.84. The Hall–Kier alpha value is -1.82. The van der Waals surface area contributed by atoms with E-state index in [4.69, 9.17) is 0 Å². The van der Waals surface area contributed by atoms with Crippen LogP contribution < -0.4 is 5.32 Å². The van der Waals surface area contributed by atoms with Crippen molar-refractivity contribution in [2.45, 2.75) is 19.4 Å². The van der Waals surface area contributed by atoms with Gasteiger partial charge in [0.15, 0.2) is 5.17 Å². The molecule has 0 aliphatic carbocycles. The van der Waals surface area contributed by atoms with Crippen molar-refractivity contribution in [1.29, 1.82) is 0 Å². The van der Waals surface area contributed by atoms with Gasteiger partial charge in [0.1, 0.15) is 6.04 Å². The number of carbonyl (C=O) groups excluding carboxylic acids is 2. The topological polar surface area (TPSA) is 61.8 Å². The zero-order chi connectivity index (χ0) is 15.2. The van der Waals surface area contributed by atoms with Crippen molar-refractivity contribution in [3.63, 3.8) is 0 Å². The van der Waals surface area contributed by atoms with Gasteiger partial charge in [-0.05, 0) is 5.56 Å². The maximum absolute atomic E-state index is 12.3. The summed E-state index contributed by atoms with van der Waals surface area (Å²) in [6.07, 6.45) is 0.449. The smallest absolute Gasteiger partial charge is 0.270 e. The van der Waals surface area contributed by atoms with Gasteiger partial charge >= 0.3 is 0 Å². The molecule has 1 atom stereocenters. The molecule has 0 spiro atoms. The van der Waals surface area contributed by atoms with Crippen molar-refractivity contribution < 1.29 is 9.59 Å². The van der Waals surface area contributed by atoms with Gasteiger partial charge in [0.25, 0.3) is 5.91 Å². The Morgan fingerprint density at radius 3 is 2.67 bits per heavy atom. The van der Waals surface area contributed by atoms with Crippen LogP contribution in [0.2, 0.25) is 0 Å². The highest BCUT2D eigenvalue weighted by molar-refractivity contribution is 8.14. The molecule has 21 heavy (non-hydrogen) atoms. The average Bonchev–Trinajstić information content (AvgIpc) is 2.84. The van der Waals surface area contributed by atoms with Gasteiger partial charge in [-0.2, -0.15) is 4.99 Å². The monoisotopic (exact) mass is 305 g/mol. The van der Waals surface area contributed by atoms with Crippen molar-refractivity contribution in [3.8, 4) is 0 Å². The zero-order valence-electron chi connectivity index (χ0n) is 12.2. The van der Waals surface area contributed by atoms with Crippen LogP contribution in [-0.4, -0.2) is 47.3 Å². The van der Waals surface area contributed by atoms with Gasteiger partial charge in [0.2, 0.25) is 5.91 Å². The summed E-state index contributed by atoms with van der Waals surface area (Å²) in [5.74, 6) is 0.411. The summed E-state index contributed by atoms with van der Waals surface area (Å²) in [6, 6.07) is 9.00. The Morgan fingerprint density at radius 2 is 2.10 bits per heavy atom. The van der Waals surface area contributed by atoms with E-state index in [1.165, 1.54) is 6.92 Å². The van der Waals surface area contributed by atoms with Crippen molar-refractivity contribution in [3.05, 3.63) is 35.9 Å². The van der Waals surface area contributed by atoms with Gasteiger partial charge in [0.05, 0.1) is 0 Å². The van der Waals surface area contributed by atoms with Crippen molar-refractivity contribution >= 4 is 28.7 Å². The number of aliphatic imine (C=N–C) groups is 1. The minimum Gasteiger partial charge on any atom is -0.353 e. The number of nitrogens with zero attached hydrogens (tertiary/aromatic N) is 2. The Balaban J connectivity index is 2.11. The molecule has 2 amide bonds. The van der Waals surface area contributed by atoms with Gasteiger partial charge in [-0.25, -0.2) is 0 Å². The lowest BCUT2D eigenvalue weighted by molar-refractivity contribution is -0.126. The van der Waals surface area contributed by atoms with E-state index < -0.39 is 6.04 Å². The molecule has 5 nitrogen and oxygen atoms in total. The maximum Gasteiger partial charge on any atom is 0.270 e. The molecule has 0 aromatic heterocycles. The quantitative estimate of drug-likeness (QED) is 0.911. The van der Waals surface area contributed by atoms with Crippen molar-refractivity contribution in [2.24, 2.45) is 4.99 Å². The van der Waals surface area contributed by atoms with Crippen LogP contribution in [-0.2, 0) is 16.0 Å². The summed E-state index contributed by atoms with van der Waals surface area (Å²) in [4.78, 5) is 29.8. The molecule has 0 saturated carbocycles. The predicted molar refractivity (Wildman–Crippen MR) is 85.3 cm³/mol.